The summed E-state index contributed by atoms with van der Waals surface area (Å²) < 4.78 is 7.39. The summed E-state index contributed by atoms with van der Waals surface area (Å²) in [5.74, 6) is 0.0371. The molecule has 0 aliphatic carbocycles. The topological polar surface area (TPSA) is 60.3 Å². The molecule has 0 N–H and O–H groups in total. The second kappa shape index (κ2) is 8.19. The van der Waals surface area contributed by atoms with E-state index in [0.717, 1.165) is 40.6 Å². The fraction of sp³-hybridized carbons (Fsp3) is 0.458. The van der Waals surface area contributed by atoms with Crippen LogP contribution in [0.25, 0.3) is 22.2 Å². The van der Waals surface area contributed by atoms with E-state index >= 15 is 0 Å². The van der Waals surface area contributed by atoms with Gasteiger partial charge in [-0.05, 0) is 57.7 Å². The molecule has 6 nitrogen and oxygen atoms in total. The van der Waals surface area contributed by atoms with Crippen molar-refractivity contribution in [3.8, 4) is 11.3 Å². The van der Waals surface area contributed by atoms with E-state index in [0.29, 0.717) is 18.8 Å². The van der Waals surface area contributed by atoms with Crippen molar-refractivity contribution in [2.45, 2.75) is 52.6 Å². The molecule has 1 aromatic carbocycles. The first-order valence-electron chi connectivity index (χ1n) is 10.7. The lowest BCUT2D eigenvalue weighted by Gasteiger charge is -2.31. The number of ether oxygens (including phenoxy) is 1. The highest BCUT2D eigenvalue weighted by atomic mass is 16.5. The zero-order valence-corrected chi connectivity index (χ0v) is 18.5. The molecule has 6 heteroatoms. The van der Waals surface area contributed by atoms with E-state index in [1.807, 2.05) is 41.2 Å². The van der Waals surface area contributed by atoms with E-state index in [1.165, 1.54) is 5.56 Å². The van der Waals surface area contributed by atoms with Crippen LogP contribution in [0.4, 0.5) is 0 Å². The number of fused-ring (bicyclic) bond motifs is 1. The Morgan fingerprint density at radius 3 is 2.63 bits per heavy atom. The number of pyridine rings is 1. The van der Waals surface area contributed by atoms with Crippen LogP contribution in [0.5, 0.6) is 0 Å². The third-order valence-corrected chi connectivity index (χ3v) is 6.22. The number of hydrogen-bond acceptors (Lipinski definition) is 4. The quantitative estimate of drug-likeness (QED) is 0.638. The van der Waals surface area contributed by atoms with Gasteiger partial charge in [0.15, 0.2) is 0 Å². The maximum Gasteiger partial charge on any atom is 0.254 e. The number of carbonyl (C=O) groups excluding carboxylic acids is 1. The Hall–Kier alpha value is -2.73. The first kappa shape index (κ1) is 20.5. The summed E-state index contributed by atoms with van der Waals surface area (Å²) in [5.41, 5.74) is 5.56. The lowest BCUT2D eigenvalue weighted by atomic mass is 9.98. The van der Waals surface area contributed by atoms with E-state index in [1.54, 1.807) is 0 Å². The average molecular weight is 407 g/mol. The predicted octanol–water partition coefficient (Wildman–Crippen LogP) is 4.55. The van der Waals surface area contributed by atoms with Gasteiger partial charge < -0.3 is 9.64 Å². The van der Waals surface area contributed by atoms with Crippen molar-refractivity contribution in [3.63, 3.8) is 0 Å². The third kappa shape index (κ3) is 3.72. The standard InChI is InChI=1S/C24H30N4O2/c1-15(2)28-14-18(13-25-28)22-12-21(20-7-6-16(3)17(4)23(20)26-22)24(29)27(5)19-8-10-30-11-9-19/h6-7,12-15,19H,8-11H2,1-5H3. The molecule has 3 aromatic rings. The van der Waals surface area contributed by atoms with Crippen molar-refractivity contribution in [2.24, 2.45) is 0 Å². The summed E-state index contributed by atoms with van der Waals surface area (Å²) in [7, 11) is 1.90. The van der Waals surface area contributed by atoms with Gasteiger partial charge in [-0.25, -0.2) is 4.98 Å². The third-order valence-electron chi connectivity index (χ3n) is 6.22. The van der Waals surface area contributed by atoms with Gasteiger partial charge in [0.1, 0.15) is 0 Å². The van der Waals surface area contributed by atoms with Crippen molar-refractivity contribution in [3.05, 3.63) is 47.3 Å². The molecule has 1 saturated heterocycles. The largest absolute Gasteiger partial charge is 0.381 e. The first-order valence-corrected chi connectivity index (χ1v) is 10.7. The maximum atomic E-state index is 13.6. The number of nitrogens with zero attached hydrogens (tertiary/aromatic N) is 4. The Bertz CT molecular complexity index is 1080. The van der Waals surface area contributed by atoms with Crippen LogP contribution in [-0.2, 0) is 4.74 Å². The Morgan fingerprint density at radius 2 is 1.97 bits per heavy atom. The maximum absolute atomic E-state index is 13.6. The molecule has 1 aliphatic heterocycles. The van der Waals surface area contributed by atoms with Crippen LogP contribution in [0.1, 0.15) is 54.2 Å². The molecule has 3 heterocycles. The van der Waals surface area contributed by atoms with Crippen LogP contribution in [0.15, 0.2) is 30.6 Å². The van der Waals surface area contributed by atoms with E-state index < -0.39 is 0 Å². The molecule has 0 atom stereocenters. The molecule has 1 fully saturated rings. The van der Waals surface area contributed by atoms with Gasteiger partial charge in [-0.3, -0.25) is 9.48 Å². The van der Waals surface area contributed by atoms with Crippen LogP contribution in [-0.4, -0.2) is 51.9 Å². The number of aromatic nitrogens is 3. The van der Waals surface area contributed by atoms with Gasteiger partial charge in [-0.15, -0.1) is 0 Å². The molecule has 0 unspecified atom stereocenters. The molecular formula is C24H30N4O2. The molecular weight excluding hydrogens is 376 g/mol. The first-order chi connectivity index (χ1) is 14.4. The molecule has 1 amide bonds. The fourth-order valence-electron chi connectivity index (χ4n) is 4.04. The predicted molar refractivity (Wildman–Crippen MR) is 119 cm³/mol. The molecule has 4 rings (SSSR count). The Kier molecular flexibility index (Phi) is 5.60. The van der Waals surface area contributed by atoms with Crippen molar-refractivity contribution < 1.29 is 9.53 Å². The van der Waals surface area contributed by atoms with E-state index in [-0.39, 0.29) is 18.0 Å². The van der Waals surface area contributed by atoms with Crippen molar-refractivity contribution in [1.82, 2.24) is 19.7 Å². The summed E-state index contributed by atoms with van der Waals surface area (Å²) in [6, 6.07) is 6.49. The van der Waals surface area contributed by atoms with Gasteiger partial charge in [0.05, 0.1) is 23.0 Å². The van der Waals surface area contributed by atoms with Gasteiger partial charge in [-0.2, -0.15) is 5.10 Å². The van der Waals surface area contributed by atoms with Crippen molar-refractivity contribution in [2.75, 3.05) is 20.3 Å². The van der Waals surface area contributed by atoms with E-state index in [2.05, 4.69) is 38.9 Å². The number of hydrogen-bond donors (Lipinski definition) is 0. The van der Waals surface area contributed by atoms with Crippen LogP contribution >= 0.6 is 0 Å². The second-order valence-corrected chi connectivity index (χ2v) is 8.52. The Balaban J connectivity index is 1.84. The number of aryl methyl sites for hydroxylation is 2. The van der Waals surface area contributed by atoms with Crippen molar-refractivity contribution >= 4 is 16.8 Å². The monoisotopic (exact) mass is 406 g/mol. The molecule has 0 radical (unpaired) electrons. The summed E-state index contributed by atoms with van der Waals surface area (Å²) in [4.78, 5) is 20.4. The Morgan fingerprint density at radius 1 is 1.23 bits per heavy atom. The van der Waals surface area contributed by atoms with Crippen LogP contribution in [0.3, 0.4) is 0 Å². The van der Waals surface area contributed by atoms with Gasteiger partial charge in [0, 0.05) is 49.5 Å². The zero-order chi connectivity index (χ0) is 21.4. The normalized spacial score (nSPS) is 15.1. The minimum absolute atomic E-state index is 0.0371. The summed E-state index contributed by atoms with van der Waals surface area (Å²) in [6.07, 6.45) is 5.57. The average Bonchev–Trinajstić information content (AvgIpc) is 3.26. The molecule has 2 aromatic heterocycles. The Labute approximate surface area is 177 Å². The lowest BCUT2D eigenvalue weighted by Crippen LogP contribution is -2.40. The number of rotatable bonds is 4. The molecule has 0 saturated carbocycles. The van der Waals surface area contributed by atoms with Gasteiger partial charge in [0.2, 0.25) is 0 Å². The summed E-state index contributed by atoms with van der Waals surface area (Å²) in [6.45, 7) is 9.75. The fourth-order valence-corrected chi connectivity index (χ4v) is 4.04. The van der Waals surface area contributed by atoms with Crippen molar-refractivity contribution in [1.29, 1.82) is 0 Å². The van der Waals surface area contributed by atoms with E-state index in [9.17, 15) is 4.79 Å². The van der Waals surface area contributed by atoms with Crippen LogP contribution in [0.2, 0.25) is 0 Å². The van der Waals surface area contributed by atoms with Gasteiger partial charge in [0.25, 0.3) is 5.91 Å². The van der Waals surface area contributed by atoms with E-state index in [4.69, 9.17) is 9.72 Å². The minimum Gasteiger partial charge on any atom is -0.381 e. The second-order valence-electron chi connectivity index (χ2n) is 8.52. The molecule has 0 spiro atoms. The summed E-state index contributed by atoms with van der Waals surface area (Å²) >= 11 is 0. The van der Waals surface area contributed by atoms with Gasteiger partial charge >= 0.3 is 0 Å². The molecule has 30 heavy (non-hydrogen) atoms. The molecule has 158 valence electrons. The highest BCUT2D eigenvalue weighted by Gasteiger charge is 2.26. The number of benzene rings is 1. The zero-order valence-electron chi connectivity index (χ0n) is 18.5. The molecule has 0 bridgehead atoms. The van der Waals surface area contributed by atoms with Crippen LogP contribution < -0.4 is 0 Å². The number of carbonyl (C=O) groups is 1. The van der Waals surface area contributed by atoms with Crippen LogP contribution in [0, 0.1) is 13.8 Å². The lowest BCUT2D eigenvalue weighted by molar-refractivity contribution is 0.0363. The smallest absolute Gasteiger partial charge is 0.254 e. The SMILES string of the molecule is Cc1ccc2c(C(=O)N(C)C3CCOCC3)cc(-c3cnn(C(C)C)c3)nc2c1C. The minimum atomic E-state index is 0.0371. The number of amides is 1. The highest BCUT2D eigenvalue weighted by Crippen LogP contribution is 2.30. The highest BCUT2D eigenvalue weighted by molar-refractivity contribution is 6.08. The summed E-state index contributed by atoms with van der Waals surface area (Å²) in [5, 5.41) is 5.37. The van der Waals surface area contributed by atoms with Gasteiger partial charge in [-0.1, -0.05) is 12.1 Å². The molecule has 1 aliphatic rings.